The first-order valence-electron chi connectivity index (χ1n) is 5.30. The second-order valence-electron chi connectivity index (χ2n) is 3.29. The molecule has 17 heavy (non-hydrogen) atoms. The van der Waals surface area contributed by atoms with Gasteiger partial charge < -0.3 is 9.47 Å². The van der Waals surface area contributed by atoms with Crippen molar-refractivity contribution in [3.8, 4) is 5.75 Å². The van der Waals surface area contributed by atoms with Crippen molar-refractivity contribution in [1.82, 2.24) is 0 Å². The topological polar surface area (TPSA) is 35.5 Å². The molecule has 0 saturated carbocycles. The fraction of sp³-hybridized carbons (Fsp3) is 0.417. The Hall–Kier alpha value is -0.550. The van der Waals surface area contributed by atoms with Crippen molar-refractivity contribution in [2.24, 2.45) is 0 Å². The maximum absolute atomic E-state index is 11.1. The second-order valence-corrected chi connectivity index (χ2v) is 4.71. The molecule has 0 N–H and O–H groups in total. The first kappa shape index (κ1) is 14.5. The summed E-state index contributed by atoms with van der Waals surface area (Å²) >= 11 is 6.84. The predicted molar refractivity (Wildman–Crippen MR) is 73.5 cm³/mol. The molecular formula is C12H14Br2O3. The van der Waals surface area contributed by atoms with Gasteiger partial charge >= 0.3 is 5.97 Å². The predicted octanol–water partition coefficient (Wildman–Crippen LogP) is 3.68. The minimum Gasteiger partial charge on any atom is -0.493 e. The van der Waals surface area contributed by atoms with Gasteiger partial charge in [-0.2, -0.15) is 0 Å². The number of hydrogen-bond donors (Lipinski definition) is 0. The van der Waals surface area contributed by atoms with E-state index in [0.717, 1.165) is 21.1 Å². The van der Waals surface area contributed by atoms with Gasteiger partial charge in [0.2, 0.25) is 0 Å². The van der Waals surface area contributed by atoms with Crippen molar-refractivity contribution in [3.63, 3.8) is 0 Å². The monoisotopic (exact) mass is 364 g/mol. The quantitative estimate of drug-likeness (QED) is 0.569. The van der Waals surface area contributed by atoms with Gasteiger partial charge in [0, 0.05) is 9.80 Å². The molecule has 1 aromatic carbocycles. The number of esters is 1. The summed E-state index contributed by atoms with van der Waals surface area (Å²) < 4.78 is 11.3. The number of alkyl halides is 1. The van der Waals surface area contributed by atoms with Gasteiger partial charge in [0.05, 0.1) is 19.6 Å². The molecule has 0 fully saturated rings. The summed E-state index contributed by atoms with van der Waals surface area (Å²) in [6.07, 6.45) is 0.271. The minimum absolute atomic E-state index is 0.231. The van der Waals surface area contributed by atoms with Crippen molar-refractivity contribution in [2.75, 3.05) is 13.2 Å². The molecule has 0 aliphatic heterocycles. The maximum Gasteiger partial charge on any atom is 0.309 e. The van der Waals surface area contributed by atoms with E-state index in [4.69, 9.17) is 9.47 Å². The number of benzene rings is 1. The maximum atomic E-state index is 11.1. The van der Waals surface area contributed by atoms with E-state index in [2.05, 4.69) is 31.9 Å². The fourth-order valence-electron chi connectivity index (χ4n) is 1.23. The highest BCUT2D eigenvalue weighted by molar-refractivity contribution is 9.10. The molecule has 1 aromatic rings. The molecule has 0 aliphatic carbocycles. The molecule has 0 spiro atoms. The highest BCUT2D eigenvalue weighted by Crippen LogP contribution is 2.24. The lowest BCUT2D eigenvalue weighted by Gasteiger charge is -2.08. The largest absolute Gasteiger partial charge is 0.493 e. The van der Waals surface area contributed by atoms with Crippen LogP contribution in [0.15, 0.2) is 22.7 Å². The van der Waals surface area contributed by atoms with Crippen molar-refractivity contribution >= 4 is 37.8 Å². The van der Waals surface area contributed by atoms with E-state index in [1.54, 1.807) is 6.92 Å². The van der Waals surface area contributed by atoms with Crippen LogP contribution >= 0.6 is 31.9 Å². The summed E-state index contributed by atoms with van der Waals surface area (Å²) in [6.45, 7) is 2.53. The lowest BCUT2D eigenvalue weighted by Crippen LogP contribution is -2.09. The minimum atomic E-state index is -0.231. The van der Waals surface area contributed by atoms with Crippen LogP contribution in [0.2, 0.25) is 0 Å². The summed E-state index contributed by atoms with van der Waals surface area (Å²) in [6, 6.07) is 5.72. The van der Waals surface area contributed by atoms with E-state index in [9.17, 15) is 4.79 Å². The first-order valence-corrected chi connectivity index (χ1v) is 7.21. The highest BCUT2D eigenvalue weighted by atomic mass is 79.9. The van der Waals surface area contributed by atoms with Crippen molar-refractivity contribution in [2.45, 2.75) is 18.7 Å². The van der Waals surface area contributed by atoms with Crippen molar-refractivity contribution in [1.29, 1.82) is 0 Å². The van der Waals surface area contributed by atoms with Gasteiger partial charge in [-0.1, -0.05) is 31.9 Å². The van der Waals surface area contributed by atoms with Gasteiger partial charge in [0.25, 0.3) is 0 Å². The molecular weight excluding hydrogens is 352 g/mol. The summed E-state index contributed by atoms with van der Waals surface area (Å²) in [5, 5.41) is 0.753. The summed E-state index contributed by atoms with van der Waals surface area (Å²) in [7, 11) is 0. The third kappa shape index (κ3) is 5.08. The number of carbonyl (C=O) groups is 1. The van der Waals surface area contributed by atoms with E-state index in [1.165, 1.54) is 0 Å². The van der Waals surface area contributed by atoms with E-state index in [-0.39, 0.29) is 12.4 Å². The molecule has 94 valence electrons. The Bertz CT molecular complexity index is 380. The summed E-state index contributed by atoms with van der Waals surface area (Å²) in [5.74, 6) is 0.525. The van der Waals surface area contributed by atoms with Gasteiger partial charge in [-0.25, -0.2) is 0 Å². The van der Waals surface area contributed by atoms with Crippen molar-refractivity contribution in [3.05, 3.63) is 28.2 Å². The molecule has 0 aromatic heterocycles. The number of hydrogen-bond acceptors (Lipinski definition) is 3. The van der Waals surface area contributed by atoms with Crippen LogP contribution in [0.1, 0.15) is 18.9 Å². The lowest BCUT2D eigenvalue weighted by atomic mass is 10.2. The molecule has 1 rings (SSSR count). The Morgan fingerprint density at radius 3 is 2.82 bits per heavy atom. The lowest BCUT2D eigenvalue weighted by molar-refractivity contribution is -0.143. The zero-order valence-electron chi connectivity index (χ0n) is 9.54. The standard InChI is InChI=1S/C12H14Br2O3/c1-2-16-12(15)5-6-17-10-3-4-11(14)9(7-10)8-13/h3-4,7H,2,5-6,8H2,1H3. The Morgan fingerprint density at radius 2 is 2.18 bits per heavy atom. The SMILES string of the molecule is CCOC(=O)CCOc1ccc(Br)c(CBr)c1. The van der Waals surface area contributed by atoms with Crippen LogP contribution in [0.5, 0.6) is 5.75 Å². The van der Waals surface area contributed by atoms with Crippen LogP contribution in [0.3, 0.4) is 0 Å². The van der Waals surface area contributed by atoms with E-state index < -0.39 is 0 Å². The van der Waals surface area contributed by atoms with Crippen LogP contribution in [-0.4, -0.2) is 19.2 Å². The van der Waals surface area contributed by atoms with Crippen LogP contribution in [-0.2, 0) is 14.9 Å². The Labute approximate surface area is 118 Å². The first-order chi connectivity index (χ1) is 8.17. The van der Waals surface area contributed by atoms with Crippen LogP contribution < -0.4 is 4.74 Å². The average molecular weight is 366 g/mol. The van der Waals surface area contributed by atoms with E-state index in [1.807, 2.05) is 18.2 Å². The smallest absolute Gasteiger partial charge is 0.309 e. The van der Waals surface area contributed by atoms with Crippen LogP contribution in [0, 0.1) is 0 Å². The summed E-state index contributed by atoms with van der Waals surface area (Å²) in [4.78, 5) is 11.1. The molecule has 0 amide bonds. The second kappa shape index (κ2) is 7.71. The molecule has 0 radical (unpaired) electrons. The zero-order valence-corrected chi connectivity index (χ0v) is 12.7. The van der Waals surface area contributed by atoms with Gasteiger partial charge in [-0.15, -0.1) is 0 Å². The summed E-state index contributed by atoms with van der Waals surface area (Å²) in [5.41, 5.74) is 1.11. The highest BCUT2D eigenvalue weighted by Gasteiger charge is 2.04. The Morgan fingerprint density at radius 1 is 1.41 bits per heavy atom. The van der Waals surface area contributed by atoms with Crippen molar-refractivity contribution < 1.29 is 14.3 Å². The van der Waals surface area contributed by atoms with E-state index in [0.29, 0.717) is 13.2 Å². The van der Waals surface area contributed by atoms with Crippen LogP contribution in [0.4, 0.5) is 0 Å². The van der Waals surface area contributed by atoms with Gasteiger partial charge in [-0.05, 0) is 30.7 Å². The van der Waals surface area contributed by atoms with Gasteiger partial charge in [0.15, 0.2) is 0 Å². The van der Waals surface area contributed by atoms with Crippen LogP contribution in [0.25, 0.3) is 0 Å². The molecule has 3 nitrogen and oxygen atoms in total. The molecule has 0 heterocycles. The number of rotatable bonds is 6. The Kier molecular flexibility index (Phi) is 6.58. The molecule has 0 saturated heterocycles. The molecule has 0 unspecified atom stereocenters. The third-order valence-electron chi connectivity index (χ3n) is 2.04. The molecule has 0 aliphatic rings. The number of carbonyl (C=O) groups excluding carboxylic acids is 1. The van der Waals surface area contributed by atoms with E-state index >= 15 is 0 Å². The number of ether oxygens (including phenoxy) is 2. The molecule has 0 bridgehead atoms. The molecule has 5 heteroatoms. The van der Waals surface area contributed by atoms with Gasteiger partial charge in [0.1, 0.15) is 5.75 Å². The normalized spacial score (nSPS) is 10.1. The van der Waals surface area contributed by atoms with Gasteiger partial charge in [-0.3, -0.25) is 4.79 Å². The third-order valence-corrected chi connectivity index (χ3v) is 3.42. The fourth-order valence-corrected chi connectivity index (χ4v) is 2.46. The average Bonchev–Trinajstić information content (AvgIpc) is 2.31. The number of halogens is 2. The Balaban J connectivity index is 2.44. The molecule has 0 atom stereocenters. The zero-order chi connectivity index (χ0) is 12.7.